The van der Waals surface area contributed by atoms with Crippen molar-refractivity contribution in [3.63, 3.8) is 0 Å². The summed E-state index contributed by atoms with van der Waals surface area (Å²) in [6.07, 6.45) is 1.56. The van der Waals surface area contributed by atoms with Crippen LogP contribution in [0.15, 0.2) is 53.1 Å². The number of carbonyl (C=O) groups is 2. The van der Waals surface area contributed by atoms with E-state index in [2.05, 4.69) is 15.7 Å². The first-order valence-electron chi connectivity index (χ1n) is 7.54. The van der Waals surface area contributed by atoms with E-state index < -0.39 is 11.9 Å². The Morgan fingerprint density at radius 1 is 1.24 bits per heavy atom. The van der Waals surface area contributed by atoms with E-state index in [9.17, 15) is 9.59 Å². The monoisotopic (exact) mass is 339 g/mol. The molecule has 3 aromatic rings. The van der Waals surface area contributed by atoms with E-state index in [1.54, 1.807) is 60.5 Å². The maximum absolute atomic E-state index is 12.1. The van der Waals surface area contributed by atoms with Crippen molar-refractivity contribution in [1.29, 1.82) is 0 Å². The fraction of sp³-hybridized carbons (Fsp3) is 0.118. The van der Waals surface area contributed by atoms with Crippen LogP contribution in [0.5, 0.6) is 0 Å². The third kappa shape index (κ3) is 3.86. The molecule has 0 saturated heterocycles. The van der Waals surface area contributed by atoms with Gasteiger partial charge in [0.1, 0.15) is 11.5 Å². The van der Waals surface area contributed by atoms with Crippen molar-refractivity contribution < 1.29 is 14.0 Å². The van der Waals surface area contributed by atoms with Crippen LogP contribution in [0, 0.1) is 0 Å². The second-order valence-electron chi connectivity index (χ2n) is 5.39. The highest BCUT2D eigenvalue weighted by atomic mass is 16.3. The molecule has 0 aliphatic carbocycles. The number of amides is 3. The van der Waals surface area contributed by atoms with E-state index in [-0.39, 0.29) is 6.54 Å². The number of hydrogen-bond donors (Lipinski definition) is 3. The van der Waals surface area contributed by atoms with Gasteiger partial charge in [-0.1, -0.05) is 12.1 Å². The van der Waals surface area contributed by atoms with Gasteiger partial charge < -0.3 is 15.5 Å². The standard InChI is InChI=1S/C17H17N5O3/c1-22-15(9-13(21-22)14-6-3-7-25-14)20-17(24)19-10-11-4-2-5-12(8-11)16(18)23/h2-9H,10H2,1H3,(H2,18,23)(H2,19,20,24). The number of primary amides is 1. The molecule has 0 bridgehead atoms. The van der Waals surface area contributed by atoms with Crippen LogP contribution in [0.2, 0.25) is 0 Å². The Kier molecular flexibility index (Phi) is 4.51. The summed E-state index contributed by atoms with van der Waals surface area (Å²) in [5, 5.41) is 9.72. The van der Waals surface area contributed by atoms with Crippen LogP contribution in [-0.4, -0.2) is 21.7 Å². The molecule has 2 aromatic heterocycles. The van der Waals surface area contributed by atoms with E-state index >= 15 is 0 Å². The molecule has 0 spiro atoms. The minimum absolute atomic E-state index is 0.260. The van der Waals surface area contributed by atoms with Crippen LogP contribution >= 0.6 is 0 Å². The maximum atomic E-state index is 12.1. The van der Waals surface area contributed by atoms with E-state index in [4.69, 9.17) is 10.2 Å². The molecule has 2 heterocycles. The first kappa shape index (κ1) is 16.3. The van der Waals surface area contributed by atoms with Crippen molar-refractivity contribution in [1.82, 2.24) is 15.1 Å². The number of benzene rings is 1. The smallest absolute Gasteiger partial charge is 0.320 e. The molecule has 0 unspecified atom stereocenters. The quantitative estimate of drug-likeness (QED) is 0.660. The summed E-state index contributed by atoms with van der Waals surface area (Å²) in [5.41, 5.74) is 7.03. The lowest BCUT2D eigenvalue weighted by Gasteiger charge is -2.08. The Balaban J connectivity index is 1.61. The number of nitrogens with two attached hydrogens (primary N) is 1. The van der Waals surface area contributed by atoms with Gasteiger partial charge in [-0.3, -0.25) is 14.8 Å². The van der Waals surface area contributed by atoms with Crippen LogP contribution in [0.25, 0.3) is 11.5 Å². The topological polar surface area (TPSA) is 115 Å². The van der Waals surface area contributed by atoms with E-state index in [0.717, 1.165) is 5.56 Å². The number of carbonyl (C=O) groups excluding carboxylic acids is 2. The fourth-order valence-electron chi connectivity index (χ4n) is 2.31. The SMILES string of the molecule is Cn1nc(-c2ccco2)cc1NC(=O)NCc1cccc(C(N)=O)c1. The number of furan rings is 1. The van der Waals surface area contributed by atoms with Crippen molar-refractivity contribution in [3.8, 4) is 11.5 Å². The van der Waals surface area contributed by atoms with Gasteiger partial charge >= 0.3 is 6.03 Å². The molecule has 128 valence electrons. The molecule has 4 N–H and O–H groups in total. The molecular weight excluding hydrogens is 322 g/mol. The highest BCUT2D eigenvalue weighted by Gasteiger charge is 2.11. The van der Waals surface area contributed by atoms with Gasteiger partial charge in [0.15, 0.2) is 5.76 Å². The van der Waals surface area contributed by atoms with Crippen LogP contribution < -0.4 is 16.4 Å². The van der Waals surface area contributed by atoms with Gasteiger partial charge in [0, 0.05) is 25.2 Å². The van der Waals surface area contributed by atoms with Gasteiger partial charge in [-0.25, -0.2) is 4.79 Å². The van der Waals surface area contributed by atoms with Crippen molar-refractivity contribution in [2.75, 3.05) is 5.32 Å². The van der Waals surface area contributed by atoms with Crippen molar-refractivity contribution in [3.05, 3.63) is 59.9 Å². The lowest BCUT2D eigenvalue weighted by molar-refractivity contribution is 0.1000. The van der Waals surface area contributed by atoms with E-state index in [1.165, 1.54) is 0 Å². The minimum atomic E-state index is -0.508. The van der Waals surface area contributed by atoms with Crippen molar-refractivity contribution >= 4 is 17.8 Å². The Hall–Kier alpha value is -3.55. The summed E-state index contributed by atoms with van der Waals surface area (Å²) in [7, 11) is 1.72. The molecule has 3 amide bonds. The summed E-state index contributed by atoms with van der Waals surface area (Å²) in [6.45, 7) is 0.260. The van der Waals surface area contributed by atoms with Gasteiger partial charge in [0.2, 0.25) is 5.91 Å². The third-order valence-electron chi connectivity index (χ3n) is 3.56. The van der Waals surface area contributed by atoms with Gasteiger partial charge in [-0.15, -0.1) is 0 Å². The summed E-state index contributed by atoms with van der Waals surface area (Å²) >= 11 is 0. The zero-order valence-electron chi connectivity index (χ0n) is 13.5. The number of nitrogens with one attached hydrogen (secondary N) is 2. The molecule has 1 aromatic carbocycles. The molecule has 25 heavy (non-hydrogen) atoms. The first-order valence-corrected chi connectivity index (χ1v) is 7.54. The zero-order chi connectivity index (χ0) is 17.8. The second-order valence-corrected chi connectivity index (χ2v) is 5.39. The lowest BCUT2D eigenvalue weighted by Crippen LogP contribution is -2.29. The number of aromatic nitrogens is 2. The highest BCUT2D eigenvalue weighted by molar-refractivity contribution is 5.93. The van der Waals surface area contributed by atoms with Crippen LogP contribution in [0.1, 0.15) is 15.9 Å². The molecule has 0 aliphatic rings. The molecule has 0 saturated carbocycles. The number of aryl methyl sites for hydroxylation is 1. The summed E-state index contributed by atoms with van der Waals surface area (Å²) in [6, 6.07) is 11.7. The summed E-state index contributed by atoms with van der Waals surface area (Å²) < 4.78 is 6.83. The Labute approximate surface area is 143 Å². The molecule has 0 fully saturated rings. The van der Waals surface area contributed by atoms with Gasteiger partial charge in [-0.2, -0.15) is 5.10 Å². The molecule has 0 aliphatic heterocycles. The maximum Gasteiger partial charge on any atom is 0.320 e. The summed E-state index contributed by atoms with van der Waals surface area (Å²) in [5.74, 6) is 0.633. The number of rotatable bonds is 5. The molecular formula is C17H17N5O3. The number of anilines is 1. The number of urea groups is 1. The Bertz CT molecular complexity index is 899. The van der Waals surface area contributed by atoms with Crippen molar-refractivity contribution in [2.24, 2.45) is 12.8 Å². The Morgan fingerprint density at radius 2 is 2.08 bits per heavy atom. The predicted molar refractivity (Wildman–Crippen MR) is 91.7 cm³/mol. The zero-order valence-corrected chi connectivity index (χ0v) is 13.5. The molecule has 8 nitrogen and oxygen atoms in total. The first-order chi connectivity index (χ1) is 12.0. The van der Waals surface area contributed by atoms with Crippen LogP contribution in [0.3, 0.4) is 0 Å². The van der Waals surface area contributed by atoms with Crippen LogP contribution in [0.4, 0.5) is 10.6 Å². The van der Waals surface area contributed by atoms with E-state index in [1.807, 2.05) is 0 Å². The minimum Gasteiger partial charge on any atom is -0.463 e. The molecule has 0 radical (unpaired) electrons. The largest absolute Gasteiger partial charge is 0.463 e. The second kappa shape index (κ2) is 6.91. The molecule has 3 rings (SSSR count). The third-order valence-corrected chi connectivity index (χ3v) is 3.56. The normalized spacial score (nSPS) is 10.4. The lowest BCUT2D eigenvalue weighted by atomic mass is 10.1. The average Bonchev–Trinajstić information content (AvgIpc) is 3.24. The Morgan fingerprint density at radius 3 is 2.80 bits per heavy atom. The van der Waals surface area contributed by atoms with Gasteiger partial charge in [0.25, 0.3) is 0 Å². The average molecular weight is 339 g/mol. The summed E-state index contributed by atoms with van der Waals surface area (Å²) in [4.78, 5) is 23.2. The molecule has 0 atom stereocenters. The highest BCUT2D eigenvalue weighted by Crippen LogP contribution is 2.21. The fourth-order valence-corrected chi connectivity index (χ4v) is 2.31. The molecule has 8 heteroatoms. The van der Waals surface area contributed by atoms with Crippen molar-refractivity contribution in [2.45, 2.75) is 6.54 Å². The predicted octanol–water partition coefficient (Wildman–Crippen LogP) is 2.10. The van der Waals surface area contributed by atoms with Gasteiger partial charge in [0.05, 0.1) is 6.26 Å². The van der Waals surface area contributed by atoms with E-state index in [0.29, 0.717) is 22.8 Å². The van der Waals surface area contributed by atoms with Crippen LogP contribution in [-0.2, 0) is 13.6 Å². The van der Waals surface area contributed by atoms with Gasteiger partial charge in [-0.05, 0) is 29.8 Å². The number of nitrogens with zero attached hydrogens (tertiary/aromatic N) is 2. The number of hydrogen-bond acceptors (Lipinski definition) is 4.